The van der Waals surface area contributed by atoms with Gasteiger partial charge >= 0.3 is 0 Å². The number of aliphatic hydroxyl groups excluding tert-OH is 2. The van der Waals surface area contributed by atoms with Crippen LogP contribution in [0.4, 0.5) is 0 Å². The number of unbranched alkanes of at least 4 members (excludes halogenated alkanes) is 1. The van der Waals surface area contributed by atoms with Crippen LogP contribution in [0.5, 0.6) is 34.5 Å². The Hall–Kier alpha value is -8.83. The number of ether oxygens (including phenoxy) is 6. The number of carbonyl (C=O) groups is 1. The Balaban J connectivity index is 0.000000188. The van der Waals surface area contributed by atoms with E-state index < -0.39 is 5.91 Å². The third kappa shape index (κ3) is 19.3. The molecule has 3 aromatic carbocycles. The molecule has 87 heavy (non-hydrogen) atoms. The normalized spacial score (nSPS) is 12.8. The van der Waals surface area contributed by atoms with E-state index in [2.05, 4.69) is 70.3 Å². The second kappa shape index (κ2) is 34.3. The van der Waals surface area contributed by atoms with Gasteiger partial charge in [0.1, 0.15) is 5.84 Å². The Morgan fingerprint density at radius 3 is 1.74 bits per heavy atom. The number of amides is 1. The number of pyridine rings is 3. The van der Waals surface area contributed by atoms with E-state index in [0.717, 1.165) is 73.5 Å². The molecule has 0 radical (unpaired) electrons. The zero-order valence-corrected chi connectivity index (χ0v) is 51.1. The van der Waals surface area contributed by atoms with E-state index in [4.69, 9.17) is 42.9 Å². The molecule has 1 amide bonds. The molecule has 462 valence electrons. The standard InChI is InChI=1S/C25H34N4O3.C22H28N4O4.C18H19N3O4/c1-5-29(6-2)16-10-9-11-21-17-19(14-15-26-21)24-27-25(32-28-24)20-12-13-22(30-7-3)23(18-20)31-8-4;1-3-29-19-6-5-16(12-20(19)30-4-2)22(28)25-21(23)15-7-9-24-17(11-15)13-26-10-8-18(27)14-26;1-3-23-15-6-5-13(8-16(15)24-4-2)18-20-17(21-25-18)14-7-12(11-22)9-19-10-14/h12-15,17-18H,5-11,16H2,1-4H3;5-7,9,11-12,18,27H,3-4,8,10,13-14H2,1-2H3,(H2,23,25,28);5-10,22H,3-4,11H2,1-2H3/t;18-;/m.1./s1. The number of aryl methyl sites for hydroxylation is 1. The molecule has 22 heteroatoms. The topological polar surface area (TPSA) is 272 Å². The summed E-state index contributed by atoms with van der Waals surface area (Å²) in [5.74, 6) is 5.13. The van der Waals surface area contributed by atoms with Crippen LogP contribution < -0.4 is 33.7 Å². The Kier molecular flexibility index (Phi) is 25.9. The number of hydrogen-bond acceptors (Lipinski definition) is 21. The molecule has 0 aliphatic carbocycles. The van der Waals surface area contributed by atoms with Crippen molar-refractivity contribution in [2.75, 3.05) is 72.4 Å². The highest BCUT2D eigenvalue weighted by Crippen LogP contribution is 2.35. The molecule has 1 fully saturated rings. The fraction of sp³-hybridized carbons (Fsp3) is 0.400. The average Bonchev–Trinajstić information content (AvgIpc) is 3.00. The third-order valence-electron chi connectivity index (χ3n) is 13.6. The Labute approximate surface area is 508 Å². The molecule has 1 atom stereocenters. The van der Waals surface area contributed by atoms with Gasteiger partial charge in [-0.05, 0) is 177 Å². The lowest BCUT2D eigenvalue weighted by Crippen LogP contribution is -2.30. The number of benzene rings is 3. The minimum absolute atomic E-state index is 0.00282. The molecule has 0 unspecified atom stereocenters. The quantitative estimate of drug-likeness (QED) is 0.0202. The van der Waals surface area contributed by atoms with Crippen molar-refractivity contribution in [3.05, 3.63) is 138 Å². The average molecular weight is 1190 g/mol. The van der Waals surface area contributed by atoms with Gasteiger partial charge in [0.25, 0.3) is 17.7 Å². The van der Waals surface area contributed by atoms with Crippen molar-refractivity contribution >= 4 is 11.7 Å². The van der Waals surface area contributed by atoms with Crippen LogP contribution in [0.1, 0.15) is 108 Å². The van der Waals surface area contributed by atoms with E-state index >= 15 is 0 Å². The maximum atomic E-state index is 12.7. The number of amidine groups is 1. The number of aliphatic hydroxyl groups is 2. The van der Waals surface area contributed by atoms with Gasteiger partial charge in [0, 0.05) is 83.5 Å². The van der Waals surface area contributed by atoms with Crippen LogP contribution >= 0.6 is 0 Å². The van der Waals surface area contributed by atoms with Crippen LogP contribution in [0.3, 0.4) is 0 Å². The summed E-state index contributed by atoms with van der Waals surface area (Å²) in [6, 6.07) is 25.3. The maximum absolute atomic E-state index is 12.7. The summed E-state index contributed by atoms with van der Waals surface area (Å²) >= 11 is 0. The second-order valence-corrected chi connectivity index (χ2v) is 19.7. The third-order valence-corrected chi connectivity index (χ3v) is 13.6. The van der Waals surface area contributed by atoms with E-state index in [9.17, 15) is 15.0 Å². The first kappa shape index (κ1) is 65.7. The van der Waals surface area contributed by atoms with Gasteiger partial charge in [-0.1, -0.05) is 24.2 Å². The van der Waals surface area contributed by atoms with Gasteiger partial charge in [0.2, 0.25) is 11.6 Å². The Bertz CT molecular complexity index is 3430. The number of likely N-dealkylation sites (tertiary alicyclic amines) is 1. The highest BCUT2D eigenvalue weighted by atomic mass is 16.5. The molecule has 0 saturated carbocycles. The highest BCUT2D eigenvalue weighted by molar-refractivity contribution is 6.11. The van der Waals surface area contributed by atoms with Crippen molar-refractivity contribution in [2.45, 2.75) is 100 Å². The summed E-state index contributed by atoms with van der Waals surface area (Å²) in [5.41, 5.74) is 6.59. The van der Waals surface area contributed by atoms with Gasteiger partial charge in [0.05, 0.1) is 58.0 Å². The van der Waals surface area contributed by atoms with Gasteiger partial charge in [-0.2, -0.15) is 9.97 Å². The molecule has 0 spiro atoms. The lowest BCUT2D eigenvalue weighted by molar-refractivity contribution is 0.0976. The van der Waals surface area contributed by atoms with Gasteiger partial charge in [-0.25, -0.2) is 0 Å². The SMILES string of the molecule is CCOc1ccc(-c2nc(-c3ccnc(CCCCN(CC)CC)c3)no2)cc1OCC.CCOc1ccc(-c2nc(-c3cncc(CO)c3)no2)cc1OCC.CCOc1ccc(C(=O)NC(=N)c2ccnc(CN3CC[C@@H](O)C3)c2)cc1OCC. The summed E-state index contributed by atoms with van der Waals surface area (Å²) in [6.07, 6.45) is 10.3. The molecule has 6 heterocycles. The number of nitrogens with one attached hydrogen (secondary N) is 2. The van der Waals surface area contributed by atoms with Crippen molar-refractivity contribution in [1.29, 1.82) is 5.41 Å². The first-order chi connectivity index (χ1) is 42.4. The first-order valence-electron chi connectivity index (χ1n) is 29.8. The largest absolute Gasteiger partial charge is 0.490 e. The summed E-state index contributed by atoms with van der Waals surface area (Å²) < 4.78 is 44.5. The van der Waals surface area contributed by atoms with Crippen LogP contribution in [0.2, 0.25) is 0 Å². The van der Waals surface area contributed by atoms with E-state index in [-0.39, 0.29) is 18.5 Å². The molecule has 1 saturated heterocycles. The number of nitrogens with zero attached hydrogens (tertiary/aromatic N) is 9. The monoisotopic (exact) mass is 1190 g/mol. The van der Waals surface area contributed by atoms with E-state index in [1.165, 1.54) is 6.42 Å². The number of hydrogen-bond donors (Lipinski definition) is 4. The van der Waals surface area contributed by atoms with E-state index in [0.29, 0.717) is 133 Å². The van der Waals surface area contributed by atoms with Crippen molar-refractivity contribution in [3.8, 4) is 80.2 Å². The molecule has 1 aliphatic heterocycles. The number of rotatable bonds is 28. The van der Waals surface area contributed by atoms with Gasteiger partial charge in [0.15, 0.2) is 34.5 Å². The van der Waals surface area contributed by atoms with Crippen LogP contribution in [0.15, 0.2) is 119 Å². The van der Waals surface area contributed by atoms with E-state index in [1.807, 2.05) is 90.2 Å². The summed E-state index contributed by atoms with van der Waals surface area (Å²) in [6.45, 7) is 24.3. The first-order valence-corrected chi connectivity index (χ1v) is 29.8. The molecule has 8 aromatic rings. The summed E-state index contributed by atoms with van der Waals surface area (Å²) in [5, 5.41) is 38.0. The Morgan fingerprint density at radius 2 is 1.17 bits per heavy atom. The van der Waals surface area contributed by atoms with Crippen LogP contribution in [-0.4, -0.2) is 145 Å². The number of carbonyl (C=O) groups excluding carboxylic acids is 1. The van der Waals surface area contributed by atoms with E-state index in [1.54, 1.807) is 55.0 Å². The van der Waals surface area contributed by atoms with Gasteiger partial charge in [-0.3, -0.25) is 30.1 Å². The molecule has 0 bridgehead atoms. The highest BCUT2D eigenvalue weighted by Gasteiger charge is 2.22. The minimum atomic E-state index is -0.398. The van der Waals surface area contributed by atoms with Crippen molar-refractivity contribution in [2.24, 2.45) is 0 Å². The number of β-amino-alcohol motifs (C(OH)–C–C–N with tert-alkyl or cyclic N) is 1. The predicted octanol–water partition coefficient (Wildman–Crippen LogP) is 10.5. The molecular weight excluding hydrogens is 1110 g/mol. The fourth-order valence-electron chi connectivity index (χ4n) is 9.27. The van der Waals surface area contributed by atoms with Crippen molar-refractivity contribution in [1.82, 2.24) is 50.3 Å². The van der Waals surface area contributed by atoms with Gasteiger partial charge in [-0.15, -0.1) is 0 Å². The maximum Gasteiger partial charge on any atom is 0.258 e. The molecule has 5 aromatic heterocycles. The zero-order valence-electron chi connectivity index (χ0n) is 51.1. The molecule has 4 N–H and O–H groups in total. The van der Waals surface area contributed by atoms with Crippen LogP contribution in [0.25, 0.3) is 45.7 Å². The Morgan fingerprint density at radius 1 is 0.621 bits per heavy atom. The minimum Gasteiger partial charge on any atom is -0.490 e. The molecule has 22 nitrogen and oxygen atoms in total. The van der Waals surface area contributed by atoms with Crippen LogP contribution in [-0.2, 0) is 19.6 Å². The molecular formula is C65H81N11O11. The second-order valence-electron chi connectivity index (χ2n) is 19.7. The van der Waals surface area contributed by atoms with Crippen molar-refractivity contribution < 1.29 is 52.5 Å². The molecule has 1 aliphatic rings. The molecule has 9 rings (SSSR count). The van der Waals surface area contributed by atoms with Gasteiger partial charge < -0.3 is 57.9 Å². The predicted molar refractivity (Wildman–Crippen MR) is 330 cm³/mol. The summed E-state index contributed by atoms with van der Waals surface area (Å²) in [7, 11) is 0. The summed E-state index contributed by atoms with van der Waals surface area (Å²) in [4.78, 5) is 39.2. The smallest absolute Gasteiger partial charge is 0.258 e. The fourth-order valence-corrected chi connectivity index (χ4v) is 9.27. The zero-order chi connectivity index (χ0) is 61.9. The lowest BCUT2D eigenvalue weighted by atomic mass is 10.1. The lowest BCUT2D eigenvalue weighted by Gasteiger charge is -2.17. The van der Waals surface area contributed by atoms with Crippen molar-refractivity contribution in [3.63, 3.8) is 0 Å². The van der Waals surface area contributed by atoms with Crippen LogP contribution in [0, 0.1) is 5.41 Å². The number of aromatic nitrogens is 7.